The highest BCUT2D eigenvalue weighted by Crippen LogP contribution is 2.26. The van der Waals surface area contributed by atoms with E-state index >= 15 is 0 Å². The predicted octanol–water partition coefficient (Wildman–Crippen LogP) is 3.63. The number of anilines is 2. The van der Waals surface area contributed by atoms with Crippen molar-refractivity contribution in [2.24, 2.45) is 0 Å². The Morgan fingerprint density at radius 1 is 1.23 bits per heavy atom. The SMILES string of the molecule is CCNc1nnc(SCC(=O)Nc2c(C)cc(C)cc2C)s1. The van der Waals surface area contributed by atoms with Gasteiger partial charge < -0.3 is 10.6 Å². The molecule has 0 radical (unpaired) electrons. The Kier molecular flexibility index (Phi) is 5.79. The molecule has 5 nitrogen and oxygen atoms in total. The zero-order valence-corrected chi connectivity index (χ0v) is 14.8. The van der Waals surface area contributed by atoms with E-state index in [0.717, 1.165) is 32.8 Å². The standard InChI is InChI=1S/C15H20N4OS2/c1-5-16-14-18-19-15(22-14)21-8-12(20)17-13-10(3)6-9(2)7-11(13)4/h6-7H,5,8H2,1-4H3,(H,16,18)(H,17,20). The minimum Gasteiger partial charge on any atom is -0.360 e. The molecule has 0 bridgehead atoms. The molecule has 22 heavy (non-hydrogen) atoms. The summed E-state index contributed by atoms with van der Waals surface area (Å²) in [6, 6.07) is 4.15. The molecule has 2 N–H and O–H groups in total. The highest BCUT2D eigenvalue weighted by atomic mass is 32.2. The van der Waals surface area contributed by atoms with Crippen LogP contribution in [0, 0.1) is 20.8 Å². The van der Waals surface area contributed by atoms with Crippen molar-refractivity contribution < 1.29 is 4.79 Å². The van der Waals surface area contributed by atoms with Crippen LogP contribution in [0.4, 0.5) is 10.8 Å². The molecular formula is C15H20N4OS2. The normalized spacial score (nSPS) is 10.5. The molecule has 1 heterocycles. The van der Waals surface area contributed by atoms with Gasteiger partial charge >= 0.3 is 0 Å². The van der Waals surface area contributed by atoms with Gasteiger partial charge in [0, 0.05) is 12.2 Å². The fourth-order valence-corrected chi connectivity index (χ4v) is 3.79. The van der Waals surface area contributed by atoms with Crippen LogP contribution >= 0.6 is 23.1 Å². The van der Waals surface area contributed by atoms with Gasteiger partial charge in [-0.25, -0.2) is 0 Å². The van der Waals surface area contributed by atoms with E-state index < -0.39 is 0 Å². The van der Waals surface area contributed by atoms with E-state index in [-0.39, 0.29) is 5.91 Å². The number of aryl methyl sites for hydroxylation is 3. The number of nitrogens with zero attached hydrogens (tertiary/aromatic N) is 2. The maximum atomic E-state index is 12.1. The second-order valence-corrected chi connectivity index (χ2v) is 7.21. The number of aromatic nitrogens is 2. The van der Waals surface area contributed by atoms with Gasteiger partial charge in [-0.1, -0.05) is 40.8 Å². The molecule has 0 unspecified atom stereocenters. The summed E-state index contributed by atoms with van der Waals surface area (Å²) in [4.78, 5) is 12.1. The second-order valence-electron chi connectivity index (χ2n) is 5.01. The third-order valence-corrected chi connectivity index (χ3v) is 5.02. The zero-order valence-electron chi connectivity index (χ0n) is 13.2. The highest BCUT2D eigenvalue weighted by molar-refractivity contribution is 8.01. The van der Waals surface area contributed by atoms with Gasteiger partial charge in [0.1, 0.15) is 0 Å². The lowest BCUT2D eigenvalue weighted by Gasteiger charge is -2.12. The molecule has 0 fully saturated rings. The average Bonchev–Trinajstić information content (AvgIpc) is 2.89. The number of hydrogen-bond donors (Lipinski definition) is 2. The monoisotopic (exact) mass is 336 g/mol. The molecule has 0 aliphatic carbocycles. The van der Waals surface area contributed by atoms with E-state index in [0.29, 0.717) is 5.75 Å². The van der Waals surface area contributed by atoms with Gasteiger partial charge in [-0.05, 0) is 38.8 Å². The Labute approximate surface area is 138 Å². The molecule has 0 aliphatic heterocycles. The summed E-state index contributed by atoms with van der Waals surface area (Å²) >= 11 is 2.87. The number of benzene rings is 1. The van der Waals surface area contributed by atoms with E-state index in [2.05, 4.69) is 39.9 Å². The Hall–Kier alpha value is -1.60. The smallest absolute Gasteiger partial charge is 0.234 e. The van der Waals surface area contributed by atoms with Crippen molar-refractivity contribution in [3.05, 3.63) is 28.8 Å². The van der Waals surface area contributed by atoms with Crippen molar-refractivity contribution in [1.29, 1.82) is 0 Å². The van der Waals surface area contributed by atoms with Crippen molar-refractivity contribution in [1.82, 2.24) is 10.2 Å². The lowest BCUT2D eigenvalue weighted by atomic mass is 10.1. The predicted molar refractivity (Wildman–Crippen MR) is 94.1 cm³/mol. The van der Waals surface area contributed by atoms with Crippen molar-refractivity contribution >= 4 is 39.8 Å². The number of nitrogens with one attached hydrogen (secondary N) is 2. The molecule has 0 saturated carbocycles. The fraction of sp³-hybridized carbons (Fsp3) is 0.400. The number of hydrogen-bond acceptors (Lipinski definition) is 6. The van der Waals surface area contributed by atoms with Crippen LogP contribution in [0.1, 0.15) is 23.6 Å². The first-order valence-corrected chi connectivity index (χ1v) is 8.87. The molecule has 2 aromatic rings. The lowest BCUT2D eigenvalue weighted by molar-refractivity contribution is -0.113. The van der Waals surface area contributed by atoms with Crippen LogP contribution in [0.25, 0.3) is 0 Å². The summed E-state index contributed by atoms with van der Waals surface area (Å²) in [5.74, 6) is 0.299. The van der Waals surface area contributed by atoms with Gasteiger partial charge in [-0.3, -0.25) is 4.79 Å². The molecule has 1 aromatic heterocycles. The van der Waals surface area contributed by atoms with Gasteiger partial charge in [0.2, 0.25) is 11.0 Å². The Morgan fingerprint density at radius 3 is 2.55 bits per heavy atom. The van der Waals surface area contributed by atoms with Crippen LogP contribution in [0.3, 0.4) is 0 Å². The summed E-state index contributed by atoms with van der Waals surface area (Å²) in [6.07, 6.45) is 0. The summed E-state index contributed by atoms with van der Waals surface area (Å²) in [7, 11) is 0. The maximum absolute atomic E-state index is 12.1. The first-order valence-electron chi connectivity index (χ1n) is 7.07. The number of amides is 1. The third-order valence-electron chi connectivity index (χ3n) is 3.00. The van der Waals surface area contributed by atoms with Crippen LogP contribution in [-0.4, -0.2) is 28.4 Å². The zero-order chi connectivity index (χ0) is 16.1. The largest absolute Gasteiger partial charge is 0.360 e. The molecule has 118 valence electrons. The topological polar surface area (TPSA) is 66.9 Å². The lowest BCUT2D eigenvalue weighted by Crippen LogP contribution is -2.15. The summed E-state index contributed by atoms with van der Waals surface area (Å²) in [6.45, 7) is 8.89. The van der Waals surface area contributed by atoms with Crippen molar-refractivity contribution in [3.8, 4) is 0 Å². The molecule has 7 heteroatoms. The molecule has 1 amide bonds. The van der Waals surface area contributed by atoms with Gasteiger partial charge in [0.15, 0.2) is 4.34 Å². The van der Waals surface area contributed by atoms with Crippen molar-refractivity contribution in [2.75, 3.05) is 22.9 Å². The minimum atomic E-state index is -0.0275. The van der Waals surface area contributed by atoms with Crippen LogP contribution in [-0.2, 0) is 4.79 Å². The maximum Gasteiger partial charge on any atom is 0.234 e. The first-order chi connectivity index (χ1) is 10.5. The quantitative estimate of drug-likeness (QED) is 0.789. The summed E-state index contributed by atoms with van der Waals surface area (Å²) in [5.41, 5.74) is 4.27. The van der Waals surface area contributed by atoms with Crippen molar-refractivity contribution in [2.45, 2.75) is 32.0 Å². The van der Waals surface area contributed by atoms with Crippen LogP contribution < -0.4 is 10.6 Å². The Morgan fingerprint density at radius 2 is 1.91 bits per heavy atom. The van der Waals surface area contributed by atoms with Crippen LogP contribution in [0.5, 0.6) is 0 Å². The molecular weight excluding hydrogens is 316 g/mol. The molecule has 0 aliphatic rings. The number of carbonyl (C=O) groups excluding carboxylic acids is 1. The fourth-order valence-electron chi connectivity index (χ4n) is 2.17. The molecule has 0 spiro atoms. The molecule has 0 atom stereocenters. The van der Waals surface area contributed by atoms with E-state index in [9.17, 15) is 4.79 Å². The van der Waals surface area contributed by atoms with Crippen LogP contribution in [0.2, 0.25) is 0 Å². The van der Waals surface area contributed by atoms with E-state index in [1.807, 2.05) is 20.8 Å². The minimum absolute atomic E-state index is 0.0275. The van der Waals surface area contributed by atoms with Gasteiger partial charge in [0.25, 0.3) is 0 Å². The van der Waals surface area contributed by atoms with Crippen molar-refractivity contribution in [3.63, 3.8) is 0 Å². The van der Waals surface area contributed by atoms with E-state index in [4.69, 9.17) is 0 Å². The molecule has 1 aromatic carbocycles. The Balaban J connectivity index is 1.93. The van der Waals surface area contributed by atoms with E-state index in [1.165, 1.54) is 28.7 Å². The molecule has 2 rings (SSSR count). The summed E-state index contributed by atoms with van der Waals surface area (Å²) < 4.78 is 0.795. The highest BCUT2D eigenvalue weighted by Gasteiger charge is 2.11. The van der Waals surface area contributed by atoms with Crippen LogP contribution in [0.15, 0.2) is 16.5 Å². The van der Waals surface area contributed by atoms with E-state index in [1.54, 1.807) is 0 Å². The van der Waals surface area contributed by atoms with Gasteiger partial charge in [0.05, 0.1) is 5.75 Å². The second kappa shape index (κ2) is 7.60. The first kappa shape index (κ1) is 16.8. The Bertz CT molecular complexity index is 646. The third kappa shape index (κ3) is 4.45. The summed E-state index contributed by atoms with van der Waals surface area (Å²) in [5, 5.41) is 14.9. The molecule has 0 saturated heterocycles. The number of rotatable bonds is 6. The van der Waals surface area contributed by atoms with Gasteiger partial charge in [-0.15, -0.1) is 10.2 Å². The number of thioether (sulfide) groups is 1. The number of carbonyl (C=O) groups is 1. The average molecular weight is 336 g/mol. The van der Waals surface area contributed by atoms with Gasteiger partial charge in [-0.2, -0.15) is 0 Å².